The molecule has 0 aliphatic carbocycles. The van der Waals surface area contributed by atoms with Crippen LogP contribution in [0.25, 0.3) is 0 Å². The van der Waals surface area contributed by atoms with Crippen LogP contribution in [-0.4, -0.2) is 35.7 Å². The van der Waals surface area contributed by atoms with Crippen LogP contribution in [0.2, 0.25) is 0 Å². The average Bonchev–Trinajstić information content (AvgIpc) is 2.42. The van der Waals surface area contributed by atoms with Crippen LogP contribution >= 0.6 is 0 Å². The number of amides is 2. The Bertz CT molecular complexity index is 644. The van der Waals surface area contributed by atoms with Gasteiger partial charge in [-0.3, -0.25) is 10.1 Å². The van der Waals surface area contributed by atoms with Gasteiger partial charge in [0.1, 0.15) is 23.7 Å². The van der Waals surface area contributed by atoms with Gasteiger partial charge in [-0.25, -0.2) is 4.79 Å². The van der Waals surface area contributed by atoms with Gasteiger partial charge in [0.2, 0.25) is 11.8 Å². The van der Waals surface area contributed by atoms with Gasteiger partial charge >= 0.3 is 6.09 Å². The van der Waals surface area contributed by atoms with Crippen molar-refractivity contribution >= 4 is 23.5 Å². The molecule has 1 aliphatic rings. The number of fused-ring (bicyclic) bond motifs is 1. The maximum atomic E-state index is 12.6. The summed E-state index contributed by atoms with van der Waals surface area (Å²) in [5, 5.41) is 2.57. The Morgan fingerprint density at radius 2 is 1.88 bits per heavy atom. The fraction of sp³-hybridized carbons (Fsp3) is 0.588. The van der Waals surface area contributed by atoms with Crippen molar-refractivity contribution in [3.63, 3.8) is 0 Å². The number of carbonyl (C=O) groups is 2. The van der Waals surface area contributed by atoms with Gasteiger partial charge in [0.25, 0.3) is 0 Å². The second-order valence-corrected chi connectivity index (χ2v) is 7.70. The molecule has 1 aromatic heterocycles. The molecule has 2 amide bonds. The zero-order valence-corrected chi connectivity index (χ0v) is 15.1. The lowest BCUT2D eigenvalue weighted by atomic mass is 9.94. The van der Waals surface area contributed by atoms with E-state index in [0.717, 1.165) is 0 Å². The van der Waals surface area contributed by atoms with Crippen molar-refractivity contribution in [1.29, 1.82) is 0 Å². The summed E-state index contributed by atoms with van der Waals surface area (Å²) >= 11 is 0. The van der Waals surface area contributed by atoms with Crippen molar-refractivity contribution in [3.8, 4) is 5.88 Å². The maximum Gasteiger partial charge on any atom is 0.413 e. The van der Waals surface area contributed by atoms with E-state index in [-0.39, 0.29) is 5.91 Å². The zero-order valence-electron chi connectivity index (χ0n) is 15.1. The second kappa shape index (κ2) is 6.30. The molecule has 0 unspecified atom stereocenters. The van der Waals surface area contributed by atoms with E-state index in [2.05, 4.69) is 10.3 Å². The number of nitrogens with one attached hydrogen (secondary N) is 1. The Morgan fingerprint density at radius 3 is 2.46 bits per heavy atom. The lowest BCUT2D eigenvalue weighted by Gasteiger charge is -2.33. The third kappa shape index (κ3) is 4.37. The normalized spacial score (nSPS) is 14.5. The minimum Gasteiger partial charge on any atom is -0.474 e. The Balaban J connectivity index is 2.19. The number of nitrogens with zero attached hydrogens (tertiary/aromatic N) is 2. The van der Waals surface area contributed by atoms with Gasteiger partial charge in [0, 0.05) is 5.41 Å². The van der Waals surface area contributed by atoms with Gasteiger partial charge in [-0.15, -0.1) is 0 Å². The molecule has 2 rings (SSSR count). The lowest BCUT2D eigenvalue weighted by Crippen LogP contribution is -2.44. The molecule has 1 N–H and O–H groups in total. The Morgan fingerprint density at radius 1 is 1.21 bits per heavy atom. The first-order valence-electron chi connectivity index (χ1n) is 7.93. The van der Waals surface area contributed by atoms with Crippen LogP contribution in [0.1, 0.15) is 41.5 Å². The molecule has 1 aromatic rings. The van der Waals surface area contributed by atoms with Crippen molar-refractivity contribution < 1.29 is 19.1 Å². The predicted molar refractivity (Wildman–Crippen MR) is 91.4 cm³/mol. The molecule has 0 radical (unpaired) electrons. The number of hydrogen-bond acceptors (Lipinski definition) is 5. The van der Waals surface area contributed by atoms with E-state index in [9.17, 15) is 9.59 Å². The van der Waals surface area contributed by atoms with E-state index >= 15 is 0 Å². The summed E-state index contributed by atoms with van der Waals surface area (Å²) in [5.74, 6) is 0.641. The Hall–Kier alpha value is -2.31. The molecule has 7 nitrogen and oxygen atoms in total. The number of carbonyl (C=O) groups excluding carboxylic acids is 2. The minimum atomic E-state index is -0.593. The number of hydrogen-bond donors (Lipinski definition) is 1. The maximum absolute atomic E-state index is 12.6. The number of aromatic nitrogens is 1. The summed E-state index contributed by atoms with van der Waals surface area (Å²) in [5.41, 5.74) is -0.483. The van der Waals surface area contributed by atoms with E-state index in [1.807, 2.05) is 20.8 Å². The quantitative estimate of drug-likeness (QED) is 0.852. The molecule has 0 fully saturated rings. The van der Waals surface area contributed by atoms with Crippen molar-refractivity contribution in [1.82, 2.24) is 4.98 Å². The molecule has 24 heavy (non-hydrogen) atoms. The SMILES string of the molecule is CC(C)(C)OC(=O)Nc1ccc2c(n1)OCCN2C(=O)C(C)(C)C. The topological polar surface area (TPSA) is 80.8 Å². The van der Waals surface area contributed by atoms with Crippen LogP contribution in [0, 0.1) is 5.41 Å². The van der Waals surface area contributed by atoms with Crippen LogP contribution in [0.3, 0.4) is 0 Å². The van der Waals surface area contributed by atoms with Crippen molar-refractivity contribution in [2.45, 2.75) is 47.1 Å². The Kier molecular flexibility index (Phi) is 4.73. The highest BCUT2D eigenvalue weighted by molar-refractivity contribution is 5.98. The minimum absolute atomic E-state index is 0.00158. The smallest absolute Gasteiger partial charge is 0.413 e. The van der Waals surface area contributed by atoms with Gasteiger partial charge < -0.3 is 14.4 Å². The summed E-state index contributed by atoms with van der Waals surface area (Å²) in [6, 6.07) is 3.35. The second-order valence-electron chi connectivity index (χ2n) is 7.70. The molecule has 0 saturated carbocycles. The van der Waals surface area contributed by atoms with E-state index in [0.29, 0.717) is 30.5 Å². The fourth-order valence-corrected chi connectivity index (χ4v) is 2.19. The molecule has 0 atom stereocenters. The van der Waals surface area contributed by atoms with Gasteiger partial charge in [-0.1, -0.05) is 20.8 Å². The zero-order chi connectivity index (χ0) is 18.1. The summed E-state index contributed by atoms with van der Waals surface area (Å²) in [6.07, 6.45) is -0.589. The van der Waals surface area contributed by atoms with Crippen molar-refractivity contribution in [2.75, 3.05) is 23.4 Å². The van der Waals surface area contributed by atoms with Gasteiger partial charge in [-0.05, 0) is 32.9 Å². The molecular formula is C17H25N3O4. The third-order valence-corrected chi connectivity index (χ3v) is 3.20. The summed E-state index contributed by atoms with van der Waals surface area (Å²) in [6.45, 7) is 11.8. The molecule has 0 spiro atoms. The number of pyridine rings is 1. The molecule has 0 saturated heterocycles. The lowest BCUT2D eigenvalue weighted by molar-refractivity contribution is -0.126. The predicted octanol–water partition coefficient (Wildman–Crippen LogP) is 3.20. The first-order valence-corrected chi connectivity index (χ1v) is 7.93. The largest absolute Gasteiger partial charge is 0.474 e. The van der Waals surface area contributed by atoms with Crippen LogP contribution in [0.4, 0.5) is 16.3 Å². The highest BCUT2D eigenvalue weighted by Crippen LogP contribution is 2.33. The highest BCUT2D eigenvalue weighted by atomic mass is 16.6. The first kappa shape index (κ1) is 18.0. The van der Waals surface area contributed by atoms with E-state index in [1.165, 1.54) is 0 Å². The van der Waals surface area contributed by atoms with Gasteiger partial charge in [0.15, 0.2) is 0 Å². The molecular weight excluding hydrogens is 310 g/mol. The van der Waals surface area contributed by atoms with Crippen LogP contribution in [0.15, 0.2) is 12.1 Å². The fourth-order valence-electron chi connectivity index (χ4n) is 2.19. The van der Waals surface area contributed by atoms with E-state index < -0.39 is 17.1 Å². The summed E-state index contributed by atoms with van der Waals surface area (Å²) in [4.78, 5) is 30.3. The first-order chi connectivity index (χ1) is 11.0. The highest BCUT2D eigenvalue weighted by Gasteiger charge is 2.32. The Labute approximate surface area is 142 Å². The van der Waals surface area contributed by atoms with E-state index in [4.69, 9.17) is 9.47 Å². The number of rotatable bonds is 1. The molecule has 0 aromatic carbocycles. The van der Waals surface area contributed by atoms with Crippen LogP contribution in [0.5, 0.6) is 5.88 Å². The van der Waals surface area contributed by atoms with E-state index in [1.54, 1.807) is 37.8 Å². The summed E-state index contributed by atoms with van der Waals surface area (Å²) < 4.78 is 10.7. The number of anilines is 2. The van der Waals surface area contributed by atoms with Crippen LogP contribution < -0.4 is 15.0 Å². The number of ether oxygens (including phenoxy) is 2. The third-order valence-electron chi connectivity index (χ3n) is 3.20. The molecule has 1 aliphatic heterocycles. The molecule has 0 bridgehead atoms. The monoisotopic (exact) mass is 335 g/mol. The van der Waals surface area contributed by atoms with Crippen molar-refractivity contribution in [3.05, 3.63) is 12.1 Å². The standard InChI is InChI=1S/C17H25N3O4/c1-16(2,3)14(21)20-9-10-23-13-11(20)7-8-12(18-13)19-15(22)24-17(4,5)6/h7-8H,9-10H2,1-6H3,(H,18,19,22). The van der Waals surface area contributed by atoms with Crippen LogP contribution in [-0.2, 0) is 9.53 Å². The van der Waals surface area contributed by atoms with Gasteiger partial charge in [0.05, 0.1) is 6.54 Å². The van der Waals surface area contributed by atoms with Gasteiger partial charge in [-0.2, -0.15) is 4.98 Å². The molecule has 132 valence electrons. The molecule has 7 heteroatoms. The summed E-state index contributed by atoms with van der Waals surface area (Å²) in [7, 11) is 0. The van der Waals surface area contributed by atoms with Crippen molar-refractivity contribution in [2.24, 2.45) is 5.41 Å². The average molecular weight is 335 g/mol. The molecule has 2 heterocycles.